The number of thiocarbonyl (C=S) groups is 1. The first-order valence-corrected chi connectivity index (χ1v) is 8.59. The van der Waals surface area contributed by atoms with Crippen LogP contribution in [0.15, 0.2) is 36.4 Å². The zero-order valence-corrected chi connectivity index (χ0v) is 15.7. The highest BCUT2D eigenvalue weighted by Gasteiger charge is 2.15. The Hall–Kier alpha value is -2.54. The Morgan fingerprint density at radius 3 is 2.38 bits per heavy atom. The highest BCUT2D eigenvalue weighted by Crippen LogP contribution is 2.19. The lowest BCUT2D eigenvalue weighted by molar-refractivity contribution is -0.116. The van der Waals surface area contributed by atoms with Crippen molar-refractivity contribution in [2.24, 2.45) is 0 Å². The molecule has 26 heavy (non-hydrogen) atoms. The summed E-state index contributed by atoms with van der Waals surface area (Å²) >= 11 is 5.24. The summed E-state index contributed by atoms with van der Waals surface area (Å²) in [5.41, 5.74) is 2.63. The van der Waals surface area contributed by atoms with Crippen LogP contribution in [0.4, 0.5) is 20.2 Å². The Kier molecular flexibility index (Phi) is 6.63. The summed E-state index contributed by atoms with van der Waals surface area (Å²) in [6.07, 6.45) is 0. The molecule has 2 aromatic rings. The number of nitrogens with one attached hydrogen (secondary N) is 2. The number of nitrogens with zero attached hydrogens (tertiary/aromatic N) is 1. The molecule has 0 aliphatic rings. The van der Waals surface area contributed by atoms with E-state index >= 15 is 0 Å². The van der Waals surface area contributed by atoms with Gasteiger partial charge in [0.05, 0.1) is 12.2 Å². The summed E-state index contributed by atoms with van der Waals surface area (Å²) in [5, 5.41) is 5.68. The summed E-state index contributed by atoms with van der Waals surface area (Å²) in [4.78, 5) is 14.0. The van der Waals surface area contributed by atoms with Crippen molar-refractivity contribution >= 4 is 34.6 Å². The SMILES string of the molecule is CCN(CC(=O)Nc1c(C)cccc1C)C(=S)Nc1cc(F)ccc1F. The number of rotatable bonds is 5. The highest BCUT2D eigenvalue weighted by molar-refractivity contribution is 7.80. The van der Waals surface area contributed by atoms with E-state index in [0.717, 1.165) is 35.0 Å². The van der Waals surface area contributed by atoms with Crippen molar-refractivity contribution < 1.29 is 13.6 Å². The monoisotopic (exact) mass is 377 g/mol. The lowest BCUT2D eigenvalue weighted by Crippen LogP contribution is -2.40. The van der Waals surface area contributed by atoms with Crippen molar-refractivity contribution in [2.75, 3.05) is 23.7 Å². The van der Waals surface area contributed by atoms with E-state index in [1.165, 1.54) is 0 Å². The van der Waals surface area contributed by atoms with Crippen LogP contribution >= 0.6 is 12.2 Å². The minimum absolute atomic E-state index is 0.00690. The van der Waals surface area contributed by atoms with Gasteiger partial charge in [-0.2, -0.15) is 0 Å². The number of hydrogen-bond donors (Lipinski definition) is 2. The van der Waals surface area contributed by atoms with Gasteiger partial charge in [-0.05, 0) is 56.2 Å². The van der Waals surface area contributed by atoms with Crippen molar-refractivity contribution in [1.82, 2.24) is 4.90 Å². The fraction of sp³-hybridized carbons (Fsp3) is 0.263. The summed E-state index contributed by atoms with van der Waals surface area (Å²) in [6, 6.07) is 8.82. The van der Waals surface area contributed by atoms with Gasteiger partial charge >= 0.3 is 0 Å². The van der Waals surface area contributed by atoms with Crippen LogP contribution in [0.5, 0.6) is 0 Å². The summed E-state index contributed by atoms with van der Waals surface area (Å²) in [6.45, 7) is 6.08. The Bertz CT molecular complexity index is 806. The largest absolute Gasteiger partial charge is 0.340 e. The third-order valence-corrected chi connectivity index (χ3v) is 4.28. The number of amides is 1. The minimum Gasteiger partial charge on any atom is -0.340 e. The fourth-order valence-electron chi connectivity index (χ4n) is 2.48. The molecule has 1 amide bonds. The van der Waals surface area contributed by atoms with Crippen molar-refractivity contribution in [1.29, 1.82) is 0 Å². The van der Waals surface area contributed by atoms with Crippen LogP contribution in [-0.4, -0.2) is 29.0 Å². The van der Waals surface area contributed by atoms with Crippen LogP contribution in [0.2, 0.25) is 0 Å². The van der Waals surface area contributed by atoms with Crippen molar-refractivity contribution in [3.8, 4) is 0 Å². The molecule has 4 nitrogen and oxygen atoms in total. The molecule has 0 heterocycles. The normalized spacial score (nSPS) is 10.3. The van der Waals surface area contributed by atoms with Gasteiger partial charge in [0.1, 0.15) is 11.6 Å². The quantitative estimate of drug-likeness (QED) is 0.765. The van der Waals surface area contributed by atoms with Gasteiger partial charge in [-0.25, -0.2) is 8.78 Å². The molecule has 138 valence electrons. The second-order valence-corrected chi connectivity index (χ2v) is 6.27. The number of carbonyl (C=O) groups is 1. The lowest BCUT2D eigenvalue weighted by atomic mass is 10.1. The number of para-hydroxylation sites is 1. The van der Waals surface area contributed by atoms with E-state index in [9.17, 15) is 13.6 Å². The molecule has 2 N–H and O–H groups in total. The molecular formula is C19H21F2N3OS. The molecule has 0 saturated carbocycles. The molecule has 0 aromatic heterocycles. The van der Waals surface area contributed by atoms with Gasteiger partial charge in [0.25, 0.3) is 0 Å². The topological polar surface area (TPSA) is 44.4 Å². The van der Waals surface area contributed by atoms with Crippen LogP contribution in [0, 0.1) is 25.5 Å². The van der Waals surface area contributed by atoms with Crippen LogP contribution in [0.25, 0.3) is 0 Å². The molecule has 0 spiro atoms. The molecule has 0 fully saturated rings. The minimum atomic E-state index is -0.621. The Balaban J connectivity index is 2.05. The van der Waals surface area contributed by atoms with Gasteiger partial charge in [-0.15, -0.1) is 0 Å². The maximum absolute atomic E-state index is 13.7. The number of likely N-dealkylation sites (N-methyl/N-ethyl adjacent to an activating group) is 1. The molecule has 0 aliphatic heterocycles. The van der Waals surface area contributed by atoms with E-state index < -0.39 is 11.6 Å². The van der Waals surface area contributed by atoms with E-state index in [0.29, 0.717) is 6.54 Å². The number of aryl methyl sites for hydroxylation is 2. The second kappa shape index (κ2) is 8.71. The Morgan fingerprint density at radius 1 is 1.12 bits per heavy atom. The molecule has 0 unspecified atom stereocenters. The number of anilines is 2. The third kappa shape index (κ3) is 4.98. The van der Waals surface area contributed by atoms with Gasteiger partial charge in [-0.1, -0.05) is 18.2 Å². The number of benzene rings is 2. The first-order chi connectivity index (χ1) is 12.3. The first kappa shape index (κ1) is 19.8. The van der Waals surface area contributed by atoms with Crippen molar-refractivity contribution in [2.45, 2.75) is 20.8 Å². The van der Waals surface area contributed by atoms with Crippen molar-refractivity contribution in [3.63, 3.8) is 0 Å². The number of carbonyl (C=O) groups excluding carboxylic acids is 1. The molecule has 2 aromatic carbocycles. The molecule has 0 bridgehead atoms. The molecular weight excluding hydrogens is 356 g/mol. The van der Waals surface area contributed by atoms with Crippen LogP contribution in [0.1, 0.15) is 18.1 Å². The predicted octanol–water partition coefficient (Wildman–Crippen LogP) is 4.24. The standard InChI is InChI=1S/C19H21F2N3OS/c1-4-24(19(26)22-16-10-14(20)8-9-15(16)21)11-17(25)23-18-12(2)6-5-7-13(18)3/h5-10H,4,11H2,1-3H3,(H,22,26)(H,23,25). The maximum atomic E-state index is 13.7. The average molecular weight is 377 g/mol. The molecule has 0 aliphatic carbocycles. The van der Waals surface area contributed by atoms with Crippen LogP contribution in [0.3, 0.4) is 0 Å². The van der Waals surface area contributed by atoms with Crippen molar-refractivity contribution in [3.05, 3.63) is 59.2 Å². The van der Waals surface area contributed by atoms with E-state index in [-0.39, 0.29) is 23.3 Å². The van der Waals surface area contributed by atoms with E-state index in [1.54, 1.807) is 4.90 Å². The van der Waals surface area contributed by atoms with E-state index in [2.05, 4.69) is 10.6 Å². The zero-order valence-electron chi connectivity index (χ0n) is 14.9. The highest BCUT2D eigenvalue weighted by atomic mass is 32.1. The maximum Gasteiger partial charge on any atom is 0.243 e. The van der Waals surface area contributed by atoms with Gasteiger partial charge in [0, 0.05) is 18.3 Å². The van der Waals surface area contributed by atoms with Crippen LogP contribution < -0.4 is 10.6 Å². The van der Waals surface area contributed by atoms with Gasteiger partial charge in [-0.3, -0.25) is 4.79 Å². The molecule has 0 saturated heterocycles. The Morgan fingerprint density at radius 2 is 1.77 bits per heavy atom. The van der Waals surface area contributed by atoms with Gasteiger partial charge < -0.3 is 15.5 Å². The Labute approximate surface area is 157 Å². The smallest absolute Gasteiger partial charge is 0.243 e. The fourth-order valence-corrected chi connectivity index (χ4v) is 2.78. The molecule has 0 radical (unpaired) electrons. The zero-order chi connectivity index (χ0) is 19.3. The summed E-state index contributed by atoms with van der Waals surface area (Å²) in [5.74, 6) is -1.44. The van der Waals surface area contributed by atoms with Gasteiger partial charge in [0.15, 0.2) is 5.11 Å². The third-order valence-electron chi connectivity index (χ3n) is 3.92. The summed E-state index contributed by atoms with van der Waals surface area (Å²) < 4.78 is 27.0. The number of halogens is 2. The van der Waals surface area contributed by atoms with E-state index in [1.807, 2.05) is 39.0 Å². The predicted molar refractivity (Wildman–Crippen MR) is 104 cm³/mol. The second-order valence-electron chi connectivity index (χ2n) is 5.88. The molecule has 7 heteroatoms. The molecule has 2 rings (SSSR count). The number of hydrogen-bond acceptors (Lipinski definition) is 2. The average Bonchev–Trinajstić information content (AvgIpc) is 2.59. The van der Waals surface area contributed by atoms with E-state index in [4.69, 9.17) is 12.2 Å². The van der Waals surface area contributed by atoms with Gasteiger partial charge in [0.2, 0.25) is 5.91 Å². The molecule has 0 atom stereocenters. The first-order valence-electron chi connectivity index (χ1n) is 8.18. The lowest BCUT2D eigenvalue weighted by Gasteiger charge is -2.24. The van der Waals surface area contributed by atoms with Crippen LogP contribution in [-0.2, 0) is 4.79 Å². The summed E-state index contributed by atoms with van der Waals surface area (Å²) in [7, 11) is 0.